The maximum atomic E-state index is 12.9. The van der Waals surface area contributed by atoms with Gasteiger partial charge in [-0.1, -0.05) is 12.8 Å². The first-order valence-corrected chi connectivity index (χ1v) is 8.44. The van der Waals surface area contributed by atoms with Gasteiger partial charge in [-0.25, -0.2) is 0 Å². The highest BCUT2D eigenvalue weighted by Crippen LogP contribution is 2.29. The molecule has 6 heteroatoms. The van der Waals surface area contributed by atoms with Crippen LogP contribution in [-0.4, -0.2) is 41.1 Å². The number of H-pyrrole nitrogens is 1. The van der Waals surface area contributed by atoms with E-state index in [1.54, 1.807) is 30.5 Å². The molecule has 24 heavy (non-hydrogen) atoms. The van der Waals surface area contributed by atoms with E-state index >= 15 is 0 Å². The molecule has 4 rings (SSSR count). The van der Waals surface area contributed by atoms with Crippen LogP contribution < -0.4 is 5.56 Å². The summed E-state index contributed by atoms with van der Waals surface area (Å²) in [5, 5.41) is 0. The van der Waals surface area contributed by atoms with Crippen LogP contribution >= 0.6 is 0 Å². The number of rotatable bonds is 2. The summed E-state index contributed by atoms with van der Waals surface area (Å²) in [7, 11) is 0. The Kier molecular flexibility index (Phi) is 3.98. The Hall–Kier alpha value is -2.34. The zero-order chi connectivity index (χ0) is 16.5. The molecule has 2 aliphatic rings. The van der Waals surface area contributed by atoms with Gasteiger partial charge in [-0.3, -0.25) is 9.59 Å². The van der Waals surface area contributed by atoms with Gasteiger partial charge in [0.2, 0.25) is 0 Å². The Bertz CT molecular complexity index is 779. The van der Waals surface area contributed by atoms with E-state index in [2.05, 4.69) is 4.98 Å². The molecule has 1 aliphatic heterocycles. The van der Waals surface area contributed by atoms with Crippen molar-refractivity contribution in [1.82, 2.24) is 9.88 Å². The zero-order valence-electron chi connectivity index (χ0n) is 13.4. The van der Waals surface area contributed by atoms with E-state index in [1.807, 2.05) is 4.90 Å². The van der Waals surface area contributed by atoms with Gasteiger partial charge in [0.05, 0.1) is 30.7 Å². The fourth-order valence-corrected chi connectivity index (χ4v) is 3.72. The van der Waals surface area contributed by atoms with Gasteiger partial charge in [0.1, 0.15) is 11.3 Å². The fraction of sp³-hybridized carbons (Fsp3) is 0.444. The van der Waals surface area contributed by atoms with Crippen molar-refractivity contribution in [1.29, 1.82) is 0 Å². The number of aromatic nitrogens is 1. The third-order valence-electron chi connectivity index (χ3n) is 4.92. The number of nitrogens with one attached hydrogen (secondary N) is 1. The Labute approximate surface area is 139 Å². The van der Waals surface area contributed by atoms with Crippen molar-refractivity contribution in [3.8, 4) is 11.5 Å². The first-order valence-electron chi connectivity index (χ1n) is 8.44. The normalized spacial score (nSPS) is 23.8. The highest BCUT2D eigenvalue weighted by molar-refractivity contribution is 5.94. The molecule has 0 radical (unpaired) electrons. The van der Waals surface area contributed by atoms with Gasteiger partial charge in [0.25, 0.3) is 11.5 Å². The summed E-state index contributed by atoms with van der Waals surface area (Å²) in [5.41, 5.74) is 0.364. The van der Waals surface area contributed by atoms with Crippen LogP contribution in [0.5, 0.6) is 0 Å². The second-order valence-electron chi connectivity index (χ2n) is 6.35. The molecular formula is C18H20N2O4. The SMILES string of the molecule is O=C(c1ccc(-c2ccco2)[nH]c1=O)N1CCO[C@@H]2CCCC[C@@H]21. The smallest absolute Gasteiger partial charge is 0.261 e. The zero-order valence-corrected chi connectivity index (χ0v) is 13.4. The van der Waals surface area contributed by atoms with Crippen molar-refractivity contribution >= 4 is 5.91 Å². The molecule has 1 saturated heterocycles. The number of carbonyl (C=O) groups is 1. The lowest BCUT2D eigenvalue weighted by Gasteiger charge is -2.43. The van der Waals surface area contributed by atoms with Gasteiger partial charge in [-0.05, 0) is 37.1 Å². The molecule has 1 aliphatic carbocycles. The first-order chi connectivity index (χ1) is 11.7. The highest BCUT2D eigenvalue weighted by Gasteiger charge is 2.37. The number of pyridine rings is 1. The molecule has 2 aromatic rings. The van der Waals surface area contributed by atoms with Crippen LogP contribution in [0.25, 0.3) is 11.5 Å². The molecule has 6 nitrogen and oxygen atoms in total. The third kappa shape index (κ3) is 2.67. The summed E-state index contributed by atoms with van der Waals surface area (Å²) in [5.74, 6) is 0.368. The number of nitrogens with zero attached hydrogens (tertiary/aromatic N) is 1. The summed E-state index contributed by atoms with van der Waals surface area (Å²) in [6.07, 6.45) is 5.83. The van der Waals surface area contributed by atoms with Crippen LogP contribution in [0.2, 0.25) is 0 Å². The number of carbonyl (C=O) groups excluding carboxylic acids is 1. The number of hydrogen-bond acceptors (Lipinski definition) is 4. The lowest BCUT2D eigenvalue weighted by molar-refractivity contribution is -0.0753. The molecule has 126 valence electrons. The average molecular weight is 328 g/mol. The van der Waals surface area contributed by atoms with E-state index in [0.29, 0.717) is 24.6 Å². The topological polar surface area (TPSA) is 75.5 Å². The van der Waals surface area contributed by atoms with Gasteiger partial charge in [-0.2, -0.15) is 0 Å². The number of furan rings is 1. The summed E-state index contributed by atoms with van der Waals surface area (Å²) in [6, 6.07) is 6.91. The Morgan fingerprint density at radius 3 is 2.88 bits per heavy atom. The standard InChI is InChI=1S/C18H20N2O4/c21-17-12(7-8-13(19-17)15-6-3-10-23-15)18(22)20-9-11-24-16-5-2-1-4-14(16)20/h3,6-8,10,14,16H,1-2,4-5,9,11H2,(H,19,21)/t14-,16+/m0/s1. The van der Waals surface area contributed by atoms with E-state index < -0.39 is 0 Å². The van der Waals surface area contributed by atoms with Crippen molar-refractivity contribution in [2.75, 3.05) is 13.2 Å². The quantitative estimate of drug-likeness (QED) is 0.918. The van der Waals surface area contributed by atoms with E-state index in [-0.39, 0.29) is 29.2 Å². The van der Waals surface area contributed by atoms with Gasteiger partial charge < -0.3 is 19.0 Å². The molecule has 1 amide bonds. The van der Waals surface area contributed by atoms with Crippen LogP contribution in [0.3, 0.4) is 0 Å². The van der Waals surface area contributed by atoms with E-state index in [1.165, 1.54) is 0 Å². The van der Waals surface area contributed by atoms with E-state index in [4.69, 9.17) is 9.15 Å². The Morgan fingerprint density at radius 1 is 1.21 bits per heavy atom. The Balaban J connectivity index is 1.61. The van der Waals surface area contributed by atoms with Gasteiger partial charge in [0.15, 0.2) is 0 Å². The van der Waals surface area contributed by atoms with Crippen molar-refractivity contribution in [2.45, 2.75) is 37.8 Å². The number of ether oxygens (including phenoxy) is 1. The monoisotopic (exact) mass is 328 g/mol. The summed E-state index contributed by atoms with van der Waals surface area (Å²) in [4.78, 5) is 29.9. The number of fused-ring (bicyclic) bond motifs is 1. The molecule has 2 fully saturated rings. The molecule has 0 aromatic carbocycles. The van der Waals surface area contributed by atoms with Gasteiger partial charge >= 0.3 is 0 Å². The minimum absolute atomic E-state index is 0.0872. The minimum Gasteiger partial charge on any atom is -0.463 e. The molecule has 1 saturated carbocycles. The fourth-order valence-electron chi connectivity index (χ4n) is 3.72. The van der Waals surface area contributed by atoms with Gasteiger partial charge in [-0.15, -0.1) is 0 Å². The van der Waals surface area contributed by atoms with Crippen molar-refractivity contribution in [2.24, 2.45) is 0 Å². The van der Waals surface area contributed by atoms with Gasteiger partial charge in [0, 0.05) is 6.54 Å². The highest BCUT2D eigenvalue weighted by atomic mass is 16.5. The molecule has 2 atom stereocenters. The third-order valence-corrected chi connectivity index (χ3v) is 4.92. The summed E-state index contributed by atoms with van der Waals surface area (Å²) < 4.78 is 11.1. The number of morpholine rings is 1. The molecule has 3 heterocycles. The maximum absolute atomic E-state index is 12.9. The molecule has 1 N–H and O–H groups in total. The lowest BCUT2D eigenvalue weighted by atomic mass is 9.90. The second-order valence-corrected chi connectivity index (χ2v) is 6.35. The molecule has 2 aromatic heterocycles. The number of hydrogen-bond donors (Lipinski definition) is 1. The minimum atomic E-state index is -0.382. The van der Waals surface area contributed by atoms with Crippen LogP contribution in [0.1, 0.15) is 36.0 Å². The Morgan fingerprint density at radius 2 is 2.08 bits per heavy atom. The van der Waals surface area contributed by atoms with Crippen molar-refractivity contribution in [3.63, 3.8) is 0 Å². The van der Waals surface area contributed by atoms with Crippen molar-refractivity contribution in [3.05, 3.63) is 46.4 Å². The van der Waals surface area contributed by atoms with E-state index in [0.717, 1.165) is 25.7 Å². The maximum Gasteiger partial charge on any atom is 0.261 e. The second kappa shape index (κ2) is 6.28. The summed E-state index contributed by atoms with van der Waals surface area (Å²) in [6.45, 7) is 1.08. The van der Waals surface area contributed by atoms with Crippen LogP contribution in [0.15, 0.2) is 39.7 Å². The van der Waals surface area contributed by atoms with Crippen LogP contribution in [0, 0.1) is 0 Å². The number of aromatic amines is 1. The molecule has 0 unspecified atom stereocenters. The predicted molar refractivity (Wildman–Crippen MR) is 87.8 cm³/mol. The number of amides is 1. The van der Waals surface area contributed by atoms with E-state index in [9.17, 15) is 9.59 Å². The first kappa shape index (κ1) is 15.2. The van der Waals surface area contributed by atoms with Crippen LogP contribution in [0.4, 0.5) is 0 Å². The van der Waals surface area contributed by atoms with Crippen LogP contribution in [-0.2, 0) is 4.74 Å². The average Bonchev–Trinajstić information content (AvgIpc) is 3.15. The molecular weight excluding hydrogens is 308 g/mol. The lowest BCUT2D eigenvalue weighted by Crippen LogP contribution is -2.55. The molecule has 0 spiro atoms. The largest absolute Gasteiger partial charge is 0.463 e. The molecule has 0 bridgehead atoms. The van der Waals surface area contributed by atoms with Crippen molar-refractivity contribution < 1.29 is 13.9 Å². The summed E-state index contributed by atoms with van der Waals surface area (Å²) >= 11 is 0. The predicted octanol–water partition coefficient (Wildman–Crippen LogP) is 2.42.